The topological polar surface area (TPSA) is 81.7 Å². The monoisotopic (exact) mass is 437 g/mol. The molecule has 3 N–H and O–H groups in total. The van der Waals surface area contributed by atoms with E-state index in [0.29, 0.717) is 6.42 Å². The van der Waals surface area contributed by atoms with Gasteiger partial charge in [-0.15, -0.1) is 0 Å². The van der Waals surface area contributed by atoms with Crippen molar-refractivity contribution in [2.45, 2.75) is 63.1 Å². The Morgan fingerprint density at radius 1 is 1.03 bits per heavy atom. The van der Waals surface area contributed by atoms with Crippen LogP contribution < -0.4 is 10.6 Å². The van der Waals surface area contributed by atoms with E-state index in [4.69, 9.17) is 0 Å². The van der Waals surface area contributed by atoms with Crippen LogP contribution in [0.25, 0.3) is 0 Å². The van der Waals surface area contributed by atoms with Crippen LogP contribution in [0.4, 0.5) is 4.79 Å². The lowest BCUT2D eigenvalue weighted by molar-refractivity contribution is -0.124. The zero-order valence-corrected chi connectivity index (χ0v) is 19.3. The van der Waals surface area contributed by atoms with Gasteiger partial charge in [0.05, 0.1) is 0 Å². The number of hydrogen-bond acceptors (Lipinski definition) is 3. The Labute approximate surface area is 191 Å². The normalized spacial score (nSPS) is 21.7. The summed E-state index contributed by atoms with van der Waals surface area (Å²) in [6.45, 7) is 2.10. The smallest absolute Gasteiger partial charge is 0.405 e. The van der Waals surface area contributed by atoms with Crippen molar-refractivity contribution in [3.05, 3.63) is 71.3 Å². The highest BCUT2D eigenvalue weighted by Crippen LogP contribution is 2.35. The molecule has 0 heterocycles. The van der Waals surface area contributed by atoms with Gasteiger partial charge >= 0.3 is 6.09 Å². The summed E-state index contributed by atoms with van der Waals surface area (Å²) in [5.41, 5.74) is 3.59. The van der Waals surface area contributed by atoms with Crippen LogP contribution in [0.3, 0.4) is 0 Å². The predicted octanol–water partition coefficient (Wildman–Crippen LogP) is 3.78. The van der Waals surface area contributed by atoms with Gasteiger partial charge in [-0.3, -0.25) is 4.79 Å². The number of hydrogen-bond donors (Lipinski definition) is 3. The van der Waals surface area contributed by atoms with Crippen LogP contribution in [-0.4, -0.2) is 53.7 Å². The molecule has 1 atom stereocenters. The Hall–Kier alpha value is -2.86. The number of rotatable bonds is 8. The molecular weight excluding hydrogens is 402 g/mol. The number of amides is 2. The maximum Gasteiger partial charge on any atom is 0.405 e. The molecule has 2 aromatic rings. The predicted molar refractivity (Wildman–Crippen MR) is 127 cm³/mol. The second-order valence-electron chi connectivity index (χ2n) is 9.26. The van der Waals surface area contributed by atoms with Gasteiger partial charge in [0.15, 0.2) is 0 Å². The number of aryl methyl sites for hydroxylation is 1. The first kappa shape index (κ1) is 23.8. The lowest BCUT2D eigenvalue weighted by atomic mass is 9.74. The second-order valence-corrected chi connectivity index (χ2v) is 9.26. The number of likely N-dealkylation sites (N-methyl/N-ethyl adjacent to an activating group) is 1. The van der Waals surface area contributed by atoms with Crippen LogP contribution in [0.5, 0.6) is 0 Å². The number of nitrogens with zero attached hydrogens (tertiary/aromatic N) is 1. The first-order valence-corrected chi connectivity index (χ1v) is 11.3. The van der Waals surface area contributed by atoms with Gasteiger partial charge in [-0.1, -0.05) is 60.2 Å². The van der Waals surface area contributed by atoms with E-state index < -0.39 is 12.1 Å². The minimum absolute atomic E-state index is 0.0578. The zero-order chi connectivity index (χ0) is 23.1. The Bertz CT molecular complexity index is 888. The van der Waals surface area contributed by atoms with Gasteiger partial charge in [-0.2, -0.15) is 0 Å². The van der Waals surface area contributed by atoms with E-state index in [-0.39, 0.29) is 17.5 Å². The second kappa shape index (κ2) is 10.6. The molecule has 0 bridgehead atoms. The third-order valence-corrected chi connectivity index (χ3v) is 6.76. The van der Waals surface area contributed by atoms with Crippen molar-refractivity contribution in [3.63, 3.8) is 0 Å². The summed E-state index contributed by atoms with van der Waals surface area (Å²) in [5.74, 6) is -0.253. The molecule has 0 spiro atoms. The summed E-state index contributed by atoms with van der Waals surface area (Å²) >= 11 is 0. The third kappa shape index (κ3) is 6.33. The molecule has 2 aromatic carbocycles. The van der Waals surface area contributed by atoms with Crippen molar-refractivity contribution < 1.29 is 14.7 Å². The molecule has 1 fully saturated rings. The highest BCUT2D eigenvalue weighted by Gasteiger charge is 2.38. The lowest BCUT2D eigenvalue weighted by Gasteiger charge is -2.45. The fourth-order valence-corrected chi connectivity index (χ4v) is 4.68. The molecule has 2 amide bonds. The lowest BCUT2D eigenvalue weighted by Crippen LogP contribution is -2.55. The number of nitrogens with one attached hydrogen (secondary N) is 2. The molecule has 1 unspecified atom stereocenters. The molecule has 0 aromatic heterocycles. The summed E-state index contributed by atoms with van der Waals surface area (Å²) in [6.07, 6.45) is 3.85. The fraction of sp³-hybridized carbons (Fsp3) is 0.462. The molecule has 3 rings (SSSR count). The van der Waals surface area contributed by atoms with Crippen molar-refractivity contribution in [2.75, 3.05) is 14.1 Å². The maximum absolute atomic E-state index is 12.9. The third-order valence-electron chi connectivity index (χ3n) is 6.76. The van der Waals surface area contributed by atoms with E-state index in [9.17, 15) is 14.7 Å². The standard InChI is InChI=1S/C26H35N3O3/c1-19-9-11-21(12-10-19)18-26(29(2)3)15-13-22(14-16-26)27-24(30)23(28-25(31)32)17-20-7-5-4-6-8-20/h4-12,22-23,28H,13-18H2,1-3H3,(H,27,30)(H,31,32). The van der Waals surface area contributed by atoms with E-state index in [1.165, 1.54) is 11.1 Å². The van der Waals surface area contributed by atoms with Crippen LogP contribution >= 0.6 is 0 Å². The minimum atomic E-state index is -1.19. The zero-order valence-electron chi connectivity index (χ0n) is 19.3. The van der Waals surface area contributed by atoms with E-state index in [0.717, 1.165) is 37.7 Å². The Balaban J connectivity index is 1.61. The fourth-order valence-electron chi connectivity index (χ4n) is 4.68. The summed E-state index contributed by atoms with van der Waals surface area (Å²) in [6, 6.07) is 17.5. The van der Waals surface area contributed by atoms with Crippen LogP contribution in [0.2, 0.25) is 0 Å². The molecule has 6 heteroatoms. The maximum atomic E-state index is 12.9. The first-order valence-electron chi connectivity index (χ1n) is 11.3. The van der Waals surface area contributed by atoms with Gasteiger partial charge in [0.2, 0.25) is 5.91 Å². The van der Waals surface area contributed by atoms with Crippen LogP contribution in [0.1, 0.15) is 42.4 Å². The van der Waals surface area contributed by atoms with E-state index in [2.05, 4.69) is 60.8 Å². The van der Waals surface area contributed by atoms with Gasteiger partial charge in [-0.25, -0.2) is 4.79 Å². The molecular formula is C26H35N3O3. The summed E-state index contributed by atoms with van der Waals surface area (Å²) in [7, 11) is 4.28. The molecule has 0 radical (unpaired) electrons. The first-order chi connectivity index (χ1) is 15.3. The van der Waals surface area contributed by atoms with Crippen LogP contribution in [-0.2, 0) is 17.6 Å². The average Bonchev–Trinajstić information content (AvgIpc) is 2.76. The van der Waals surface area contributed by atoms with E-state index >= 15 is 0 Å². The molecule has 32 heavy (non-hydrogen) atoms. The van der Waals surface area contributed by atoms with Crippen molar-refractivity contribution in [2.24, 2.45) is 0 Å². The van der Waals surface area contributed by atoms with E-state index in [1.807, 2.05) is 30.3 Å². The van der Waals surface area contributed by atoms with Crippen LogP contribution in [0.15, 0.2) is 54.6 Å². The summed E-state index contributed by atoms with van der Waals surface area (Å²) in [5, 5.41) is 14.7. The highest BCUT2D eigenvalue weighted by atomic mass is 16.4. The Kier molecular flexibility index (Phi) is 7.91. The molecule has 1 aliphatic carbocycles. The minimum Gasteiger partial charge on any atom is -0.465 e. The molecule has 1 saturated carbocycles. The number of carbonyl (C=O) groups excluding carboxylic acids is 1. The van der Waals surface area contributed by atoms with Crippen molar-refractivity contribution in [1.82, 2.24) is 15.5 Å². The molecule has 6 nitrogen and oxygen atoms in total. The number of carboxylic acid groups (broad SMARTS) is 1. The number of benzene rings is 2. The largest absolute Gasteiger partial charge is 0.465 e. The van der Waals surface area contributed by atoms with Gasteiger partial charge in [-0.05, 0) is 64.3 Å². The highest BCUT2D eigenvalue weighted by molar-refractivity contribution is 5.85. The van der Waals surface area contributed by atoms with Crippen molar-refractivity contribution in [3.8, 4) is 0 Å². The molecule has 0 saturated heterocycles. The molecule has 1 aliphatic rings. The van der Waals surface area contributed by atoms with Gasteiger partial charge < -0.3 is 20.6 Å². The summed E-state index contributed by atoms with van der Waals surface area (Å²) < 4.78 is 0. The number of carbonyl (C=O) groups is 2. The molecule has 0 aliphatic heterocycles. The van der Waals surface area contributed by atoms with Crippen LogP contribution in [0, 0.1) is 6.92 Å². The quantitative estimate of drug-likeness (QED) is 0.587. The van der Waals surface area contributed by atoms with Gasteiger partial charge in [0.1, 0.15) is 6.04 Å². The Morgan fingerprint density at radius 2 is 1.66 bits per heavy atom. The summed E-state index contributed by atoms with van der Waals surface area (Å²) in [4.78, 5) is 26.5. The average molecular weight is 438 g/mol. The molecule has 172 valence electrons. The SMILES string of the molecule is Cc1ccc(CC2(N(C)C)CCC(NC(=O)C(Cc3ccccc3)NC(=O)O)CC2)cc1. The van der Waals surface area contributed by atoms with Crippen molar-refractivity contribution in [1.29, 1.82) is 0 Å². The van der Waals surface area contributed by atoms with E-state index in [1.54, 1.807) is 0 Å². The van der Waals surface area contributed by atoms with Gasteiger partial charge in [0, 0.05) is 18.0 Å². The Morgan fingerprint density at radius 3 is 2.22 bits per heavy atom. The van der Waals surface area contributed by atoms with Gasteiger partial charge in [0.25, 0.3) is 0 Å². The van der Waals surface area contributed by atoms with Crippen molar-refractivity contribution >= 4 is 12.0 Å².